The molecule has 0 N–H and O–H groups in total. The summed E-state index contributed by atoms with van der Waals surface area (Å²) in [5, 5.41) is 11.6. The number of aryl methyl sites for hydroxylation is 1. The summed E-state index contributed by atoms with van der Waals surface area (Å²) in [6, 6.07) is 10.6. The lowest BCUT2D eigenvalue weighted by atomic mass is 10.1. The molecule has 0 spiro atoms. The van der Waals surface area contributed by atoms with Gasteiger partial charge in [0.05, 0.1) is 6.07 Å². The third-order valence-electron chi connectivity index (χ3n) is 3.07. The number of hydrogen-bond acceptors (Lipinski definition) is 4. The van der Waals surface area contributed by atoms with Crippen molar-refractivity contribution < 1.29 is 13.8 Å². The van der Waals surface area contributed by atoms with Crippen molar-refractivity contribution >= 4 is 29.0 Å². The third kappa shape index (κ3) is 2.09. The lowest BCUT2D eigenvalue weighted by Gasteiger charge is -1.88. The van der Waals surface area contributed by atoms with E-state index in [0.717, 1.165) is 16.5 Å². The van der Waals surface area contributed by atoms with Crippen LogP contribution in [-0.2, 0) is 0 Å². The number of furan rings is 2. The van der Waals surface area contributed by atoms with Gasteiger partial charge in [-0.25, -0.2) is 0 Å². The van der Waals surface area contributed by atoms with E-state index in [0.29, 0.717) is 11.5 Å². The SMILES string of the molecule is Cc1c(/C=C/c2ccc([N+](=O)[O-])o2)oc2ccccc12. The first-order chi connectivity index (χ1) is 9.65. The minimum atomic E-state index is -0.566. The summed E-state index contributed by atoms with van der Waals surface area (Å²) in [5.41, 5.74) is 1.84. The zero-order valence-electron chi connectivity index (χ0n) is 10.7. The van der Waals surface area contributed by atoms with Crippen LogP contribution in [0.2, 0.25) is 0 Å². The number of nitro groups is 1. The molecule has 0 aliphatic heterocycles. The summed E-state index contributed by atoms with van der Waals surface area (Å²) < 4.78 is 10.8. The summed E-state index contributed by atoms with van der Waals surface area (Å²) in [7, 11) is 0. The first-order valence-electron chi connectivity index (χ1n) is 6.05. The van der Waals surface area contributed by atoms with Crippen molar-refractivity contribution in [3.8, 4) is 0 Å². The second kappa shape index (κ2) is 4.70. The van der Waals surface area contributed by atoms with E-state index in [9.17, 15) is 10.1 Å². The van der Waals surface area contributed by atoms with E-state index < -0.39 is 4.92 Å². The number of hydrogen-bond donors (Lipinski definition) is 0. The quantitative estimate of drug-likeness (QED) is 0.521. The fourth-order valence-corrected chi connectivity index (χ4v) is 2.04. The number of fused-ring (bicyclic) bond motifs is 1. The van der Waals surface area contributed by atoms with Gasteiger partial charge in [-0.15, -0.1) is 0 Å². The highest BCUT2D eigenvalue weighted by molar-refractivity contribution is 5.85. The Balaban J connectivity index is 1.93. The first kappa shape index (κ1) is 12.2. The molecule has 0 saturated heterocycles. The molecule has 5 heteroatoms. The third-order valence-corrected chi connectivity index (χ3v) is 3.07. The smallest absolute Gasteiger partial charge is 0.433 e. The van der Waals surface area contributed by atoms with Crippen LogP contribution in [0.5, 0.6) is 0 Å². The lowest BCUT2D eigenvalue weighted by molar-refractivity contribution is -0.402. The van der Waals surface area contributed by atoms with Crippen molar-refractivity contribution in [3.63, 3.8) is 0 Å². The Labute approximate surface area is 114 Å². The van der Waals surface area contributed by atoms with Crippen molar-refractivity contribution in [1.82, 2.24) is 0 Å². The molecule has 0 fully saturated rings. The molecule has 0 amide bonds. The molecular formula is C15H11NO4. The van der Waals surface area contributed by atoms with Gasteiger partial charge in [-0.3, -0.25) is 10.1 Å². The van der Waals surface area contributed by atoms with Crippen LogP contribution in [0.1, 0.15) is 17.1 Å². The van der Waals surface area contributed by atoms with Gasteiger partial charge in [0.25, 0.3) is 0 Å². The van der Waals surface area contributed by atoms with Crippen molar-refractivity contribution in [2.45, 2.75) is 6.92 Å². The highest BCUT2D eigenvalue weighted by Gasteiger charge is 2.11. The van der Waals surface area contributed by atoms with E-state index >= 15 is 0 Å². The second-order valence-corrected chi connectivity index (χ2v) is 4.35. The van der Waals surface area contributed by atoms with Gasteiger partial charge in [-0.1, -0.05) is 18.2 Å². The van der Waals surface area contributed by atoms with Crippen LogP contribution < -0.4 is 0 Å². The van der Waals surface area contributed by atoms with Gasteiger partial charge in [0.1, 0.15) is 22.0 Å². The summed E-state index contributed by atoms with van der Waals surface area (Å²) >= 11 is 0. The zero-order valence-corrected chi connectivity index (χ0v) is 10.7. The van der Waals surface area contributed by atoms with Gasteiger partial charge < -0.3 is 8.83 Å². The molecule has 20 heavy (non-hydrogen) atoms. The average Bonchev–Trinajstić information content (AvgIpc) is 3.03. The van der Waals surface area contributed by atoms with Gasteiger partial charge in [-0.05, 0) is 31.2 Å². The summed E-state index contributed by atoms with van der Waals surface area (Å²) in [5.74, 6) is 0.854. The molecule has 0 radical (unpaired) electrons. The summed E-state index contributed by atoms with van der Waals surface area (Å²) in [6.45, 7) is 1.97. The lowest BCUT2D eigenvalue weighted by Crippen LogP contribution is -1.82. The monoisotopic (exact) mass is 269 g/mol. The standard InChI is InChI=1S/C15H11NO4/c1-10-12-4-2-3-5-14(12)20-13(10)8-6-11-7-9-15(19-11)16(17)18/h2-9H,1H3/b8-6+. The highest BCUT2D eigenvalue weighted by Crippen LogP contribution is 2.26. The summed E-state index contributed by atoms with van der Waals surface area (Å²) in [4.78, 5) is 9.96. The molecule has 0 atom stereocenters. The Kier molecular flexibility index (Phi) is 2.87. The molecule has 0 aliphatic rings. The predicted octanol–water partition coefficient (Wildman–Crippen LogP) is 4.41. The van der Waals surface area contributed by atoms with Crippen molar-refractivity contribution in [2.24, 2.45) is 0 Å². The molecule has 0 saturated carbocycles. The van der Waals surface area contributed by atoms with Crippen LogP contribution in [0.25, 0.3) is 23.1 Å². The summed E-state index contributed by atoms with van der Waals surface area (Å²) in [6.07, 6.45) is 3.40. The Morgan fingerprint density at radius 1 is 1.10 bits per heavy atom. The molecule has 100 valence electrons. The maximum absolute atomic E-state index is 10.5. The van der Waals surface area contributed by atoms with Crippen LogP contribution >= 0.6 is 0 Å². The van der Waals surface area contributed by atoms with Crippen molar-refractivity contribution in [3.05, 3.63) is 63.6 Å². The molecule has 5 nitrogen and oxygen atoms in total. The largest absolute Gasteiger partial charge is 0.456 e. The number of benzene rings is 1. The van der Waals surface area contributed by atoms with Gasteiger partial charge >= 0.3 is 5.88 Å². The Morgan fingerprint density at radius 2 is 1.90 bits per heavy atom. The van der Waals surface area contributed by atoms with Crippen LogP contribution in [0.15, 0.2) is 45.2 Å². The molecule has 2 heterocycles. The molecule has 0 aliphatic carbocycles. The van der Waals surface area contributed by atoms with Gasteiger partial charge in [0.2, 0.25) is 0 Å². The molecule has 0 unspecified atom stereocenters. The average molecular weight is 269 g/mol. The topological polar surface area (TPSA) is 69.4 Å². The molecular weight excluding hydrogens is 258 g/mol. The highest BCUT2D eigenvalue weighted by atomic mass is 16.6. The number of para-hydroxylation sites is 1. The molecule has 3 aromatic rings. The molecule has 1 aromatic carbocycles. The first-order valence-corrected chi connectivity index (χ1v) is 6.05. The molecule has 2 aromatic heterocycles. The predicted molar refractivity (Wildman–Crippen MR) is 75.2 cm³/mol. The van der Waals surface area contributed by atoms with E-state index in [1.165, 1.54) is 6.07 Å². The van der Waals surface area contributed by atoms with Crippen molar-refractivity contribution in [1.29, 1.82) is 0 Å². The van der Waals surface area contributed by atoms with E-state index in [1.807, 2.05) is 31.2 Å². The Bertz CT molecular complexity index is 810. The molecule has 0 bridgehead atoms. The van der Waals surface area contributed by atoms with Crippen LogP contribution in [0.3, 0.4) is 0 Å². The van der Waals surface area contributed by atoms with Crippen LogP contribution in [0, 0.1) is 17.0 Å². The van der Waals surface area contributed by atoms with Gasteiger partial charge in [0, 0.05) is 10.9 Å². The maximum Gasteiger partial charge on any atom is 0.433 e. The maximum atomic E-state index is 10.5. The second-order valence-electron chi connectivity index (χ2n) is 4.35. The fraction of sp³-hybridized carbons (Fsp3) is 0.0667. The minimum absolute atomic E-state index is 0.272. The fourth-order valence-electron chi connectivity index (χ4n) is 2.04. The van der Waals surface area contributed by atoms with Crippen molar-refractivity contribution in [2.75, 3.05) is 0 Å². The van der Waals surface area contributed by atoms with Gasteiger partial charge in [-0.2, -0.15) is 0 Å². The van der Waals surface area contributed by atoms with E-state index in [4.69, 9.17) is 8.83 Å². The Morgan fingerprint density at radius 3 is 2.60 bits per heavy atom. The van der Waals surface area contributed by atoms with Gasteiger partial charge in [0.15, 0.2) is 0 Å². The zero-order chi connectivity index (χ0) is 14.1. The van der Waals surface area contributed by atoms with E-state index in [2.05, 4.69) is 0 Å². The Hall–Kier alpha value is -2.82. The normalized spacial score (nSPS) is 11.4. The number of rotatable bonds is 3. The number of nitrogens with zero attached hydrogens (tertiary/aromatic N) is 1. The van der Waals surface area contributed by atoms with Crippen LogP contribution in [-0.4, -0.2) is 4.92 Å². The van der Waals surface area contributed by atoms with Crippen LogP contribution in [0.4, 0.5) is 5.88 Å². The minimum Gasteiger partial charge on any atom is -0.456 e. The molecule has 3 rings (SSSR count). The van der Waals surface area contributed by atoms with E-state index in [-0.39, 0.29) is 5.88 Å². The van der Waals surface area contributed by atoms with E-state index in [1.54, 1.807) is 18.2 Å².